The fraction of sp³-hybridized carbons (Fsp3) is 0.250. The first-order chi connectivity index (χ1) is 9.81. The summed E-state index contributed by atoms with van der Waals surface area (Å²) in [6.45, 7) is 0.301. The van der Waals surface area contributed by atoms with Gasteiger partial charge in [0.2, 0.25) is 14.9 Å². The van der Waals surface area contributed by atoms with Gasteiger partial charge in [-0.3, -0.25) is 10.1 Å². The second-order valence-corrected chi connectivity index (χ2v) is 6.30. The first kappa shape index (κ1) is 14.8. The van der Waals surface area contributed by atoms with Gasteiger partial charge < -0.3 is 9.32 Å². The molecule has 0 bridgehead atoms. The van der Waals surface area contributed by atoms with E-state index in [4.69, 9.17) is 9.68 Å². The van der Waals surface area contributed by atoms with Crippen LogP contribution in [0.5, 0.6) is 0 Å². The zero-order valence-corrected chi connectivity index (χ0v) is 11.8. The number of furan rings is 1. The van der Waals surface area contributed by atoms with E-state index in [1.807, 2.05) is 6.07 Å². The fourth-order valence-electron chi connectivity index (χ4n) is 1.47. The van der Waals surface area contributed by atoms with E-state index in [2.05, 4.69) is 5.32 Å². The summed E-state index contributed by atoms with van der Waals surface area (Å²) in [4.78, 5) is 24.1. The van der Waals surface area contributed by atoms with Gasteiger partial charge in [0.25, 0.3) is 5.91 Å². The smallest absolute Gasteiger partial charge is 0.325 e. The van der Waals surface area contributed by atoms with Gasteiger partial charge in [0.15, 0.2) is 0 Å². The van der Waals surface area contributed by atoms with Crippen LogP contribution in [0.1, 0.15) is 5.76 Å². The highest BCUT2D eigenvalue weighted by atomic mass is 32.2. The highest BCUT2D eigenvalue weighted by Gasteiger charge is 2.38. The molecule has 1 aromatic heterocycles. The number of nitriles is 1. The van der Waals surface area contributed by atoms with E-state index in [0.717, 1.165) is 12.3 Å². The SMILES string of the molecule is CS(=O)(=O)c1ccc(/C=C/C(=O)NC(=O)N2CC2C#N)o1. The van der Waals surface area contributed by atoms with Crippen LogP contribution in [0.25, 0.3) is 6.08 Å². The zero-order chi connectivity index (χ0) is 15.6. The first-order valence-corrected chi connectivity index (χ1v) is 7.69. The number of rotatable bonds is 3. The minimum absolute atomic E-state index is 0.166. The highest BCUT2D eigenvalue weighted by molar-refractivity contribution is 7.90. The molecule has 9 heteroatoms. The Kier molecular flexibility index (Phi) is 3.82. The number of imide groups is 1. The first-order valence-electron chi connectivity index (χ1n) is 5.80. The molecule has 110 valence electrons. The number of amides is 3. The van der Waals surface area contributed by atoms with Crippen molar-refractivity contribution in [1.29, 1.82) is 5.26 Å². The third-order valence-electron chi connectivity index (χ3n) is 2.62. The molecule has 0 spiro atoms. The molecule has 1 aliphatic heterocycles. The molecule has 1 atom stereocenters. The lowest BCUT2D eigenvalue weighted by Crippen LogP contribution is -2.33. The van der Waals surface area contributed by atoms with Crippen LogP contribution in [-0.2, 0) is 14.6 Å². The number of urea groups is 1. The van der Waals surface area contributed by atoms with Crippen molar-refractivity contribution >= 4 is 27.9 Å². The molecule has 1 N–H and O–H groups in total. The number of carbonyl (C=O) groups excluding carboxylic acids is 2. The van der Waals surface area contributed by atoms with Crippen LogP contribution in [0.15, 0.2) is 27.7 Å². The molecule has 0 aromatic carbocycles. The lowest BCUT2D eigenvalue weighted by Gasteiger charge is -2.00. The Hall–Kier alpha value is -2.60. The van der Waals surface area contributed by atoms with Crippen LogP contribution in [0, 0.1) is 11.3 Å². The average Bonchev–Trinajstić information content (AvgIpc) is 3.03. The Labute approximate surface area is 120 Å². The van der Waals surface area contributed by atoms with Gasteiger partial charge in [0.05, 0.1) is 12.6 Å². The van der Waals surface area contributed by atoms with Crippen LogP contribution >= 0.6 is 0 Å². The number of nitrogens with one attached hydrogen (secondary N) is 1. The number of carbonyl (C=O) groups is 2. The summed E-state index contributed by atoms with van der Waals surface area (Å²) in [5.41, 5.74) is 0. The van der Waals surface area contributed by atoms with E-state index < -0.39 is 27.8 Å². The fourth-order valence-corrected chi connectivity index (χ4v) is 2.04. The Morgan fingerprint density at radius 1 is 1.52 bits per heavy atom. The molecule has 0 saturated carbocycles. The normalized spacial score (nSPS) is 17.5. The number of sulfone groups is 1. The Bertz CT molecular complexity index is 756. The maximum atomic E-state index is 11.5. The van der Waals surface area contributed by atoms with Gasteiger partial charge >= 0.3 is 6.03 Å². The van der Waals surface area contributed by atoms with Gasteiger partial charge in [0, 0.05) is 12.3 Å². The molecular weight excluding hydrogens is 298 g/mol. The van der Waals surface area contributed by atoms with Crippen LogP contribution in [0.3, 0.4) is 0 Å². The summed E-state index contributed by atoms with van der Waals surface area (Å²) in [6, 6.07) is 3.41. The van der Waals surface area contributed by atoms with E-state index in [-0.39, 0.29) is 10.9 Å². The minimum Gasteiger partial charge on any atom is -0.445 e. The second-order valence-electron chi connectivity index (χ2n) is 4.35. The summed E-state index contributed by atoms with van der Waals surface area (Å²) >= 11 is 0. The molecule has 1 saturated heterocycles. The van der Waals surface area contributed by atoms with Gasteiger partial charge in [-0.05, 0) is 18.2 Å². The minimum atomic E-state index is -3.44. The molecule has 1 unspecified atom stereocenters. The lowest BCUT2D eigenvalue weighted by molar-refractivity contribution is -0.115. The molecule has 2 heterocycles. The maximum Gasteiger partial charge on any atom is 0.325 e. The zero-order valence-electron chi connectivity index (χ0n) is 10.9. The van der Waals surface area contributed by atoms with E-state index >= 15 is 0 Å². The molecule has 8 nitrogen and oxygen atoms in total. The van der Waals surface area contributed by atoms with Crippen LogP contribution in [0.4, 0.5) is 4.79 Å². The molecule has 0 radical (unpaired) electrons. The summed E-state index contributed by atoms with van der Waals surface area (Å²) < 4.78 is 27.4. The molecule has 21 heavy (non-hydrogen) atoms. The summed E-state index contributed by atoms with van der Waals surface area (Å²) in [7, 11) is -3.44. The monoisotopic (exact) mass is 309 g/mol. The third-order valence-corrected chi connectivity index (χ3v) is 3.57. The molecule has 3 amide bonds. The lowest BCUT2D eigenvalue weighted by atomic mass is 10.4. The maximum absolute atomic E-state index is 11.5. The second kappa shape index (κ2) is 5.41. The number of nitrogens with zero attached hydrogens (tertiary/aromatic N) is 2. The van der Waals surface area contributed by atoms with Gasteiger partial charge in [-0.1, -0.05) is 0 Å². The number of hydrogen-bond acceptors (Lipinski definition) is 6. The van der Waals surface area contributed by atoms with Crippen molar-refractivity contribution < 1.29 is 22.4 Å². The molecular formula is C12H11N3O5S. The van der Waals surface area contributed by atoms with Gasteiger partial charge in [-0.15, -0.1) is 0 Å². The van der Waals surface area contributed by atoms with Gasteiger partial charge in [-0.2, -0.15) is 5.26 Å². The summed E-state index contributed by atoms with van der Waals surface area (Å²) in [5.74, 6) is -0.527. The van der Waals surface area contributed by atoms with Crippen LogP contribution in [0.2, 0.25) is 0 Å². The molecule has 1 fully saturated rings. The van der Waals surface area contributed by atoms with Crippen molar-refractivity contribution in [1.82, 2.24) is 10.2 Å². The van der Waals surface area contributed by atoms with E-state index in [9.17, 15) is 18.0 Å². The summed E-state index contributed by atoms with van der Waals surface area (Å²) in [5, 5.41) is 10.4. The predicted molar refractivity (Wildman–Crippen MR) is 70.5 cm³/mol. The van der Waals surface area contributed by atoms with Crippen molar-refractivity contribution in [2.45, 2.75) is 11.1 Å². The summed E-state index contributed by atoms with van der Waals surface area (Å²) in [6.07, 6.45) is 3.27. The van der Waals surface area contributed by atoms with Crippen LogP contribution < -0.4 is 5.32 Å². The van der Waals surface area contributed by atoms with E-state index in [0.29, 0.717) is 6.54 Å². The van der Waals surface area contributed by atoms with Gasteiger partial charge in [-0.25, -0.2) is 13.2 Å². The average molecular weight is 309 g/mol. The molecule has 2 rings (SSSR count). The molecule has 1 aliphatic rings. The van der Waals surface area contributed by atoms with Crippen molar-refractivity contribution in [2.75, 3.05) is 12.8 Å². The third kappa shape index (κ3) is 3.70. The quantitative estimate of drug-likeness (QED) is 0.626. The van der Waals surface area contributed by atoms with Gasteiger partial charge in [0.1, 0.15) is 11.8 Å². The predicted octanol–water partition coefficient (Wildman–Crippen LogP) is 0.140. The van der Waals surface area contributed by atoms with E-state index in [1.54, 1.807) is 0 Å². The number of hydrogen-bond donors (Lipinski definition) is 1. The Balaban J connectivity index is 1.92. The molecule has 0 aliphatic carbocycles. The Morgan fingerprint density at radius 2 is 2.24 bits per heavy atom. The van der Waals surface area contributed by atoms with Crippen molar-refractivity contribution in [3.8, 4) is 6.07 Å². The van der Waals surface area contributed by atoms with Crippen molar-refractivity contribution in [2.24, 2.45) is 0 Å². The molecule has 1 aromatic rings. The Morgan fingerprint density at radius 3 is 2.76 bits per heavy atom. The van der Waals surface area contributed by atoms with E-state index in [1.165, 1.54) is 23.1 Å². The highest BCUT2D eigenvalue weighted by Crippen LogP contribution is 2.16. The standard InChI is InChI=1S/C12H11N3O5S/c1-21(18,19)11-5-3-9(20-11)2-4-10(16)14-12(17)15-7-8(15)6-13/h2-5,8H,7H2,1H3,(H,14,16,17)/b4-2+. The van der Waals surface area contributed by atoms with Crippen LogP contribution in [-0.4, -0.2) is 44.1 Å². The van der Waals surface area contributed by atoms with Crippen molar-refractivity contribution in [3.63, 3.8) is 0 Å². The largest absolute Gasteiger partial charge is 0.445 e. The van der Waals surface area contributed by atoms with Crippen molar-refractivity contribution in [3.05, 3.63) is 24.0 Å². The topological polar surface area (TPSA) is 120 Å².